The molecule has 0 bridgehead atoms. The van der Waals surface area contributed by atoms with Gasteiger partial charge in [-0.2, -0.15) is 4.31 Å². The molecular formula is C13H18BrNO2S. The first-order valence-corrected chi connectivity index (χ1v) is 8.40. The third kappa shape index (κ3) is 2.63. The van der Waals surface area contributed by atoms with Crippen molar-refractivity contribution in [1.29, 1.82) is 0 Å². The van der Waals surface area contributed by atoms with Crippen molar-refractivity contribution >= 4 is 26.0 Å². The van der Waals surface area contributed by atoms with Crippen LogP contribution in [0.25, 0.3) is 0 Å². The number of rotatable bonds is 3. The van der Waals surface area contributed by atoms with Gasteiger partial charge in [0, 0.05) is 17.6 Å². The first-order valence-electron chi connectivity index (χ1n) is 6.17. The van der Waals surface area contributed by atoms with Gasteiger partial charge in [0.15, 0.2) is 0 Å². The number of aryl methyl sites for hydroxylation is 1. The molecule has 0 atom stereocenters. The predicted molar refractivity (Wildman–Crippen MR) is 76.1 cm³/mol. The summed E-state index contributed by atoms with van der Waals surface area (Å²) in [6.07, 6.45) is 4.20. The normalized spacial score (nSPS) is 17.6. The maximum Gasteiger partial charge on any atom is 0.243 e. The van der Waals surface area contributed by atoms with Crippen LogP contribution in [-0.2, 0) is 10.0 Å². The van der Waals surface area contributed by atoms with Crippen LogP contribution in [0.5, 0.6) is 0 Å². The number of nitrogens with zero attached hydrogens (tertiary/aromatic N) is 1. The summed E-state index contributed by atoms with van der Waals surface area (Å²) in [4.78, 5) is 0.409. The lowest BCUT2D eigenvalue weighted by Crippen LogP contribution is -2.35. The lowest BCUT2D eigenvalue weighted by atomic mass is 10.2. The minimum absolute atomic E-state index is 0.161. The zero-order chi connectivity index (χ0) is 13.3. The molecule has 0 aromatic heterocycles. The highest BCUT2D eigenvalue weighted by Gasteiger charge is 2.30. The summed E-state index contributed by atoms with van der Waals surface area (Å²) < 4.78 is 27.5. The highest BCUT2D eigenvalue weighted by Crippen LogP contribution is 2.29. The molecule has 5 heteroatoms. The Labute approximate surface area is 117 Å². The second kappa shape index (κ2) is 5.31. The maximum absolute atomic E-state index is 12.6. The molecule has 0 saturated heterocycles. The van der Waals surface area contributed by atoms with Crippen LogP contribution in [-0.4, -0.2) is 25.8 Å². The van der Waals surface area contributed by atoms with Gasteiger partial charge in [0.05, 0.1) is 4.90 Å². The van der Waals surface area contributed by atoms with Crippen molar-refractivity contribution in [2.75, 3.05) is 7.05 Å². The summed E-state index contributed by atoms with van der Waals surface area (Å²) in [6.45, 7) is 1.84. The summed E-state index contributed by atoms with van der Waals surface area (Å²) in [5, 5.41) is 0. The van der Waals surface area contributed by atoms with Crippen LogP contribution in [0.4, 0.5) is 0 Å². The largest absolute Gasteiger partial charge is 0.243 e. The van der Waals surface area contributed by atoms with Crippen molar-refractivity contribution in [3.63, 3.8) is 0 Å². The summed E-state index contributed by atoms with van der Waals surface area (Å²) in [5.41, 5.74) is 0.794. The average Bonchev–Trinajstić information content (AvgIpc) is 2.84. The van der Waals surface area contributed by atoms with E-state index in [-0.39, 0.29) is 6.04 Å². The number of benzene rings is 1. The molecule has 1 aliphatic rings. The SMILES string of the molecule is Cc1ccc(Br)cc1S(=O)(=O)N(C)C1CCCC1. The molecule has 3 nitrogen and oxygen atoms in total. The van der Waals surface area contributed by atoms with Gasteiger partial charge in [0.25, 0.3) is 0 Å². The molecule has 1 aliphatic carbocycles. The van der Waals surface area contributed by atoms with E-state index in [0.717, 1.165) is 35.7 Å². The zero-order valence-corrected chi connectivity index (χ0v) is 13.1. The molecule has 2 rings (SSSR count). The third-order valence-electron chi connectivity index (χ3n) is 3.65. The quantitative estimate of drug-likeness (QED) is 0.851. The number of hydrogen-bond acceptors (Lipinski definition) is 2. The predicted octanol–water partition coefficient (Wildman–Crippen LogP) is 3.32. The molecule has 0 heterocycles. The van der Waals surface area contributed by atoms with Gasteiger partial charge in [-0.3, -0.25) is 0 Å². The average molecular weight is 332 g/mol. The van der Waals surface area contributed by atoms with E-state index < -0.39 is 10.0 Å². The van der Waals surface area contributed by atoms with Crippen molar-refractivity contribution in [3.05, 3.63) is 28.2 Å². The molecule has 0 unspecified atom stereocenters. The van der Waals surface area contributed by atoms with Gasteiger partial charge in [0.2, 0.25) is 10.0 Å². The van der Waals surface area contributed by atoms with E-state index in [1.54, 1.807) is 17.4 Å². The van der Waals surface area contributed by atoms with Gasteiger partial charge in [0.1, 0.15) is 0 Å². The van der Waals surface area contributed by atoms with Crippen LogP contribution >= 0.6 is 15.9 Å². The van der Waals surface area contributed by atoms with E-state index in [0.29, 0.717) is 4.90 Å². The lowest BCUT2D eigenvalue weighted by molar-refractivity contribution is 0.373. The number of hydrogen-bond donors (Lipinski definition) is 0. The Kier molecular flexibility index (Phi) is 4.14. The molecule has 100 valence electrons. The minimum Gasteiger partial charge on any atom is -0.207 e. The van der Waals surface area contributed by atoms with Gasteiger partial charge >= 0.3 is 0 Å². The minimum atomic E-state index is -3.37. The smallest absolute Gasteiger partial charge is 0.207 e. The molecule has 1 saturated carbocycles. The van der Waals surface area contributed by atoms with Crippen molar-refractivity contribution in [2.45, 2.75) is 43.5 Å². The zero-order valence-electron chi connectivity index (χ0n) is 10.7. The molecule has 0 radical (unpaired) electrons. The van der Waals surface area contributed by atoms with Crippen LogP contribution in [0, 0.1) is 6.92 Å². The molecule has 0 aliphatic heterocycles. The van der Waals surface area contributed by atoms with Crippen molar-refractivity contribution in [1.82, 2.24) is 4.31 Å². The third-order valence-corrected chi connectivity index (χ3v) is 6.19. The van der Waals surface area contributed by atoms with Crippen molar-refractivity contribution in [2.24, 2.45) is 0 Å². The first kappa shape index (κ1) is 14.0. The molecule has 1 aromatic rings. The molecule has 1 fully saturated rings. The Balaban J connectivity index is 2.37. The van der Waals surface area contributed by atoms with Gasteiger partial charge in [-0.05, 0) is 37.5 Å². The van der Waals surface area contributed by atoms with Gasteiger partial charge in [-0.25, -0.2) is 8.42 Å². The fourth-order valence-corrected chi connectivity index (χ4v) is 4.65. The molecule has 0 spiro atoms. The van der Waals surface area contributed by atoms with Crippen LogP contribution in [0.2, 0.25) is 0 Å². The number of halogens is 1. The van der Waals surface area contributed by atoms with E-state index in [1.165, 1.54) is 0 Å². The van der Waals surface area contributed by atoms with E-state index >= 15 is 0 Å². The van der Waals surface area contributed by atoms with Crippen molar-refractivity contribution in [3.8, 4) is 0 Å². The molecule has 0 N–H and O–H groups in total. The first-order chi connectivity index (χ1) is 8.43. The van der Waals surface area contributed by atoms with Crippen LogP contribution in [0.15, 0.2) is 27.6 Å². The monoisotopic (exact) mass is 331 g/mol. The lowest BCUT2D eigenvalue weighted by Gasteiger charge is -2.24. The second-order valence-electron chi connectivity index (χ2n) is 4.87. The maximum atomic E-state index is 12.6. The Morgan fingerprint density at radius 3 is 2.50 bits per heavy atom. The van der Waals surface area contributed by atoms with E-state index in [1.807, 2.05) is 19.1 Å². The summed E-state index contributed by atoms with van der Waals surface area (Å²) >= 11 is 3.34. The molecule has 0 amide bonds. The van der Waals surface area contributed by atoms with Crippen LogP contribution in [0.3, 0.4) is 0 Å². The molecule has 1 aromatic carbocycles. The summed E-state index contributed by atoms with van der Waals surface area (Å²) in [5.74, 6) is 0. The Morgan fingerprint density at radius 1 is 1.28 bits per heavy atom. The molecular weight excluding hydrogens is 314 g/mol. The van der Waals surface area contributed by atoms with Gasteiger partial charge in [-0.1, -0.05) is 34.8 Å². The fourth-order valence-electron chi connectivity index (χ4n) is 2.47. The van der Waals surface area contributed by atoms with Crippen LogP contribution < -0.4 is 0 Å². The van der Waals surface area contributed by atoms with E-state index in [4.69, 9.17) is 0 Å². The Morgan fingerprint density at radius 2 is 1.89 bits per heavy atom. The standard InChI is InChI=1S/C13H18BrNO2S/c1-10-7-8-11(14)9-13(10)18(16,17)15(2)12-5-3-4-6-12/h7-9,12H,3-6H2,1-2H3. The summed E-state index contributed by atoms with van der Waals surface area (Å²) in [6, 6.07) is 5.55. The Hall–Kier alpha value is -0.390. The van der Waals surface area contributed by atoms with Crippen molar-refractivity contribution < 1.29 is 8.42 Å². The van der Waals surface area contributed by atoms with Gasteiger partial charge in [-0.15, -0.1) is 0 Å². The highest BCUT2D eigenvalue weighted by molar-refractivity contribution is 9.10. The van der Waals surface area contributed by atoms with Gasteiger partial charge < -0.3 is 0 Å². The van der Waals surface area contributed by atoms with Crippen LogP contribution in [0.1, 0.15) is 31.2 Å². The second-order valence-corrected chi connectivity index (χ2v) is 7.75. The number of sulfonamides is 1. The van der Waals surface area contributed by atoms with E-state index in [9.17, 15) is 8.42 Å². The summed E-state index contributed by atoms with van der Waals surface area (Å²) in [7, 11) is -1.67. The topological polar surface area (TPSA) is 37.4 Å². The fraction of sp³-hybridized carbons (Fsp3) is 0.538. The Bertz CT molecular complexity index is 536. The van der Waals surface area contributed by atoms with E-state index in [2.05, 4.69) is 15.9 Å². The molecule has 18 heavy (non-hydrogen) atoms. The highest BCUT2D eigenvalue weighted by atomic mass is 79.9.